The third kappa shape index (κ3) is 3.93. The van der Waals surface area contributed by atoms with E-state index in [9.17, 15) is 9.59 Å². The second-order valence-corrected chi connectivity index (χ2v) is 8.16. The van der Waals surface area contributed by atoms with Gasteiger partial charge in [0.05, 0.1) is 30.1 Å². The van der Waals surface area contributed by atoms with E-state index in [0.717, 1.165) is 36.9 Å². The van der Waals surface area contributed by atoms with Crippen molar-refractivity contribution in [1.29, 1.82) is 0 Å². The lowest BCUT2D eigenvalue weighted by Gasteiger charge is -2.19. The van der Waals surface area contributed by atoms with E-state index in [4.69, 9.17) is 9.72 Å². The highest BCUT2D eigenvalue weighted by atomic mass is 16.5. The molecule has 0 bridgehead atoms. The van der Waals surface area contributed by atoms with Crippen LogP contribution in [-0.4, -0.2) is 47.2 Å². The number of amides is 2. The lowest BCUT2D eigenvalue weighted by atomic mass is 10.1. The quantitative estimate of drug-likeness (QED) is 0.640. The van der Waals surface area contributed by atoms with E-state index < -0.39 is 6.04 Å². The average Bonchev–Trinajstić information content (AvgIpc) is 3.48. The molecule has 1 N–H and O–H groups in total. The van der Waals surface area contributed by atoms with Crippen molar-refractivity contribution in [3.63, 3.8) is 0 Å². The lowest BCUT2D eigenvalue weighted by Crippen LogP contribution is -2.37. The topological polar surface area (TPSA) is 76.5 Å². The van der Waals surface area contributed by atoms with Gasteiger partial charge in [0, 0.05) is 13.2 Å². The monoisotopic (exact) mass is 418 g/mol. The normalized spacial score (nSPS) is 20.4. The smallest absolute Gasteiger partial charge is 0.253 e. The Morgan fingerprint density at radius 2 is 1.94 bits per heavy atom. The fraction of sp³-hybridized carbons (Fsp3) is 0.375. The number of para-hydroxylation sites is 2. The van der Waals surface area contributed by atoms with Gasteiger partial charge in [0.15, 0.2) is 0 Å². The van der Waals surface area contributed by atoms with Crippen LogP contribution >= 0.6 is 0 Å². The highest BCUT2D eigenvalue weighted by Crippen LogP contribution is 2.37. The summed E-state index contributed by atoms with van der Waals surface area (Å²) in [7, 11) is 0. The molecule has 1 aromatic heterocycles. The average molecular weight is 418 g/mol. The van der Waals surface area contributed by atoms with Gasteiger partial charge in [-0.05, 0) is 37.0 Å². The number of imidazole rings is 1. The summed E-state index contributed by atoms with van der Waals surface area (Å²) < 4.78 is 7.67. The molecule has 2 aliphatic heterocycles. The Morgan fingerprint density at radius 3 is 2.74 bits per heavy atom. The van der Waals surface area contributed by atoms with Gasteiger partial charge < -0.3 is 10.1 Å². The molecule has 1 fully saturated rings. The van der Waals surface area contributed by atoms with E-state index in [1.54, 1.807) is 4.90 Å². The zero-order chi connectivity index (χ0) is 21.2. The number of hydrogen-bond donors (Lipinski definition) is 1. The maximum absolute atomic E-state index is 13.3. The van der Waals surface area contributed by atoms with Gasteiger partial charge in [-0.25, -0.2) is 4.98 Å². The van der Waals surface area contributed by atoms with Crippen molar-refractivity contribution in [1.82, 2.24) is 14.9 Å². The van der Waals surface area contributed by atoms with Crippen LogP contribution in [0.5, 0.6) is 0 Å². The van der Waals surface area contributed by atoms with Gasteiger partial charge in [0.25, 0.3) is 5.91 Å². The molecule has 2 aliphatic rings. The minimum atomic E-state index is -0.583. The summed E-state index contributed by atoms with van der Waals surface area (Å²) in [6.07, 6.45) is 2.83. The molecule has 2 aromatic carbocycles. The Morgan fingerprint density at radius 1 is 1.13 bits per heavy atom. The van der Waals surface area contributed by atoms with Gasteiger partial charge in [-0.1, -0.05) is 42.5 Å². The molecule has 5 rings (SSSR count). The number of carbonyl (C=O) groups is 2. The fourth-order valence-corrected chi connectivity index (χ4v) is 4.50. The number of benzene rings is 2. The van der Waals surface area contributed by atoms with Crippen LogP contribution < -0.4 is 10.2 Å². The van der Waals surface area contributed by atoms with E-state index >= 15 is 0 Å². The highest BCUT2D eigenvalue weighted by molar-refractivity contribution is 6.03. The molecule has 0 spiro atoms. The molecule has 3 aromatic rings. The van der Waals surface area contributed by atoms with Crippen LogP contribution in [0.4, 0.5) is 5.95 Å². The van der Waals surface area contributed by atoms with Crippen LogP contribution in [0.25, 0.3) is 11.0 Å². The van der Waals surface area contributed by atoms with E-state index in [1.165, 1.54) is 5.56 Å². The first-order valence-electron chi connectivity index (χ1n) is 10.9. The summed E-state index contributed by atoms with van der Waals surface area (Å²) in [5.74, 6) is 0.405. The summed E-state index contributed by atoms with van der Waals surface area (Å²) in [4.78, 5) is 32.4. The van der Waals surface area contributed by atoms with Crippen molar-refractivity contribution in [3.8, 4) is 0 Å². The number of aromatic nitrogens is 2. The SMILES string of the molecule is O=C(C[C@@H]1C(=O)N(C[C@H]2CCCO2)c2nc3ccccc3n21)NCCc1ccccc1. The Labute approximate surface area is 181 Å². The molecule has 7 heteroatoms. The number of hydrogen-bond acceptors (Lipinski definition) is 4. The predicted octanol–water partition coefficient (Wildman–Crippen LogP) is 2.85. The first-order chi connectivity index (χ1) is 15.2. The first kappa shape index (κ1) is 19.8. The molecule has 0 saturated carbocycles. The van der Waals surface area contributed by atoms with Crippen LogP contribution in [0, 0.1) is 0 Å². The molecule has 2 atom stereocenters. The van der Waals surface area contributed by atoms with Gasteiger partial charge in [-0.15, -0.1) is 0 Å². The van der Waals surface area contributed by atoms with Crippen molar-refractivity contribution < 1.29 is 14.3 Å². The minimum absolute atomic E-state index is 0.0238. The summed E-state index contributed by atoms with van der Waals surface area (Å²) in [6.45, 7) is 1.76. The molecular weight excluding hydrogens is 392 g/mol. The van der Waals surface area contributed by atoms with Crippen molar-refractivity contribution in [3.05, 3.63) is 60.2 Å². The maximum atomic E-state index is 13.3. The molecule has 0 unspecified atom stereocenters. The number of ether oxygens (including phenoxy) is 1. The zero-order valence-corrected chi connectivity index (χ0v) is 17.4. The number of nitrogens with zero attached hydrogens (tertiary/aromatic N) is 3. The van der Waals surface area contributed by atoms with Crippen molar-refractivity contribution in [2.24, 2.45) is 0 Å². The Hall–Kier alpha value is -3.19. The van der Waals surface area contributed by atoms with Crippen molar-refractivity contribution in [2.45, 2.75) is 37.8 Å². The van der Waals surface area contributed by atoms with Gasteiger partial charge in [0.2, 0.25) is 11.9 Å². The Balaban J connectivity index is 1.33. The standard InChI is InChI=1S/C24H26N4O3/c29-22(25-13-12-17-7-2-1-3-8-17)15-21-23(30)27(16-18-9-6-14-31-18)24-26-19-10-4-5-11-20(19)28(21)24/h1-5,7-8,10-11,18,21H,6,9,12-16H2,(H,25,29)/t18-,21-/m1/s1. The Kier molecular flexibility index (Phi) is 5.42. The van der Waals surface area contributed by atoms with Crippen LogP contribution in [0.1, 0.15) is 30.9 Å². The number of nitrogens with one attached hydrogen (secondary N) is 1. The van der Waals surface area contributed by atoms with E-state index in [-0.39, 0.29) is 24.3 Å². The van der Waals surface area contributed by atoms with Crippen LogP contribution in [-0.2, 0) is 20.7 Å². The first-order valence-corrected chi connectivity index (χ1v) is 10.9. The molecule has 1 saturated heterocycles. The minimum Gasteiger partial charge on any atom is -0.376 e. The summed E-state index contributed by atoms with van der Waals surface area (Å²) in [5.41, 5.74) is 2.88. The van der Waals surface area contributed by atoms with E-state index in [1.807, 2.05) is 59.2 Å². The summed E-state index contributed by atoms with van der Waals surface area (Å²) >= 11 is 0. The van der Waals surface area contributed by atoms with Gasteiger partial charge in [-0.2, -0.15) is 0 Å². The fourth-order valence-electron chi connectivity index (χ4n) is 4.50. The molecule has 160 valence electrons. The number of rotatable bonds is 7. The zero-order valence-electron chi connectivity index (χ0n) is 17.4. The maximum Gasteiger partial charge on any atom is 0.253 e. The summed E-state index contributed by atoms with van der Waals surface area (Å²) in [6, 6.07) is 17.2. The molecular formula is C24H26N4O3. The van der Waals surface area contributed by atoms with Crippen LogP contribution in [0.15, 0.2) is 54.6 Å². The van der Waals surface area contributed by atoms with Crippen LogP contribution in [0.2, 0.25) is 0 Å². The third-order valence-corrected chi connectivity index (χ3v) is 6.05. The van der Waals surface area contributed by atoms with Crippen molar-refractivity contribution in [2.75, 3.05) is 24.6 Å². The van der Waals surface area contributed by atoms with E-state index in [0.29, 0.717) is 19.0 Å². The predicted molar refractivity (Wildman–Crippen MR) is 118 cm³/mol. The largest absolute Gasteiger partial charge is 0.376 e. The number of carbonyl (C=O) groups excluding carboxylic acids is 2. The molecule has 7 nitrogen and oxygen atoms in total. The second kappa shape index (κ2) is 8.51. The molecule has 0 aliphatic carbocycles. The van der Waals surface area contributed by atoms with E-state index in [2.05, 4.69) is 5.32 Å². The highest BCUT2D eigenvalue weighted by Gasteiger charge is 2.42. The van der Waals surface area contributed by atoms with Gasteiger partial charge in [-0.3, -0.25) is 19.1 Å². The van der Waals surface area contributed by atoms with Gasteiger partial charge >= 0.3 is 0 Å². The second-order valence-electron chi connectivity index (χ2n) is 8.16. The molecule has 31 heavy (non-hydrogen) atoms. The number of anilines is 1. The lowest BCUT2D eigenvalue weighted by molar-refractivity contribution is -0.127. The molecule has 0 radical (unpaired) electrons. The molecule has 3 heterocycles. The van der Waals surface area contributed by atoms with Crippen LogP contribution in [0.3, 0.4) is 0 Å². The Bertz CT molecular complexity index is 1090. The van der Waals surface area contributed by atoms with Gasteiger partial charge in [0.1, 0.15) is 6.04 Å². The molecule has 2 amide bonds. The third-order valence-electron chi connectivity index (χ3n) is 6.05. The number of fused-ring (bicyclic) bond motifs is 3. The van der Waals surface area contributed by atoms with Crippen molar-refractivity contribution >= 4 is 28.8 Å². The summed E-state index contributed by atoms with van der Waals surface area (Å²) in [5, 5.41) is 2.97.